The van der Waals surface area contributed by atoms with E-state index < -0.39 is 5.82 Å². The van der Waals surface area contributed by atoms with Crippen molar-refractivity contribution in [3.8, 4) is 17.7 Å². The van der Waals surface area contributed by atoms with E-state index in [1.807, 2.05) is 12.1 Å². The molecule has 0 saturated carbocycles. The van der Waals surface area contributed by atoms with Crippen molar-refractivity contribution in [3.63, 3.8) is 0 Å². The fourth-order valence-electron chi connectivity index (χ4n) is 1.38. The number of alkyl halides is 1. The van der Waals surface area contributed by atoms with Gasteiger partial charge in [-0.2, -0.15) is 5.26 Å². The molecule has 0 unspecified atom stereocenters. The van der Waals surface area contributed by atoms with E-state index in [0.717, 1.165) is 11.6 Å². The van der Waals surface area contributed by atoms with Gasteiger partial charge in [-0.05, 0) is 24.3 Å². The van der Waals surface area contributed by atoms with E-state index in [9.17, 15) is 4.39 Å². The van der Waals surface area contributed by atoms with Crippen molar-refractivity contribution in [1.29, 1.82) is 5.26 Å². The molecule has 0 aliphatic rings. The first-order valence-corrected chi connectivity index (χ1v) is 6.24. The van der Waals surface area contributed by atoms with Crippen molar-refractivity contribution in [3.05, 3.63) is 53.5 Å². The molecule has 1 aromatic heterocycles. The third-order valence-corrected chi connectivity index (χ3v) is 2.87. The fraction of sp³-hybridized carbons (Fsp3) is 0.0769. The van der Waals surface area contributed by atoms with Crippen LogP contribution >= 0.6 is 15.9 Å². The van der Waals surface area contributed by atoms with Gasteiger partial charge < -0.3 is 4.74 Å². The fourth-order valence-corrected chi connectivity index (χ4v) is 1.80. The molecule has 0 aliphatic heterocycles. The molecule has 2 aromatic rings. The largest absolute Gasteiger partial charge is 0.436 e. The molecular weight excluding hydrogens is 299 g/mol. The number of hydrogen-bond acceptors (Lipinski definition) is 3. The molecule has 0 atom stereocenters. The number of ether oxygens (including phenoxy) is 1. The first-order valence-electron chi connectivity index (χ1n) is 5.12. The van der Waals surface area contributed by atoms with Crippen LogP contribution in [-0.4, -0.2) is 4.98 Å². The van der Waals surface area contributed by atoms with Gasteiger partial charge in [0, 0.05) is 17.1 Å². The van der Waals surface area contributed by atoms with Crippen molar-refractivity contribution in [2.24, 2.45) is 0 Å². The van der Waals surface area contributed by atoms with Gasteiger partial charge >= 0.3 is 0 Å². The summed E-state index contributed by atoms with van der Waals surface area (Å²) in [6.45, 7) is 0. The zero-order chi connectivity index (χ0) is 13.0. The minimum absolute atomic E-state index is 0.0508. The Hall–Kier alpha value is -1.93. The highest BCUT2D eigenvalue weighted by Gasteiger charge is 2.09. The van der Waals surface area contributed by atoms with E-state index in [1.54, 1.807) is 12.3 Å². The van der Waals surface area contributed by atoms with Crippen molar-refractivity contribution < 1.29 is 9.13 Å². The van der Waals surface area contributed by atoms with Crippen LogP contribution in [0.2, 0.25) is 0 Å². The SMILES string of the molecule is N#Cc1ccc(Oc2ncccc2CBr)c(F)c1. The lowest BCUT2D eigenvalue weighted by atomic mass is 10.2. The Morgan fingerprint density at radius 3 is 2.89 bits per heavy atom. The van der Waals surface area contributed by atoms with E-state index in [0.29, 0.717) is 11.2 Å². The Kier molecular flexibility index (Phi) is 3.90. The van der Waals surface area contributed by atoms with Gasteiger partial charge in [-0.25, -0.2) is 9.37 Å². The van der Waals surface area contributed by atoms with E-state index in [1.165, 1.54) is 12.1 Å². The zero-order valence-corrected chi connectivity index (χ0v) is 10.8. The number of benzene rings is 1. The van der Waals surface area contributed by atoms with Crippen molar-refractivity contribution in [2.75, 3.05) is 0 Å². The summed E-state index contributed by atoms with van der Waals surface area (Å²) in [6, 6.07) is 9.51. The van der Waals surface area contributed by atoms with Crippen LogP contribution in [0.1, 0.15) is 11.1 Å². The lowest BCUT2D eigenvalue weighted by Gasteiger charge is -2.08. The summed E-state index contributed by atoms with van der Waals surface area (Å²) in [4.78, 5) is 4.04. The summed E-state index contributed by atoms with van der Waals surface area (Å²) in [7, 11) is 0. The smallest absolute Gasteiger partial charge is 0.223 e. The topological polar surface area (TPSA) is 45.9 Å². The molecule has 0 spiro atoms. The molecule has 1 heterocycles. The molecule has 3 nitrogen and oxygen atoms in total. The van der Waals surface area contributed by atoms with Crippen LogP contribution in [-0.2, 0) is 5.33 Å². The van der Waals surface area contributed by atoms with Crippen LogP contribution in [0.3, 0.4) is 0 Å². The van der Waals surface area contributed by atoms with E-state index in [2.05, 4.69) is 20.9 Å². The number of nitriles is 1. The van der Waals surface area contributed by atoms with E-state index in [4.69, 9.17) is 10.00 Å². The quantitative estimate of drug-likeness (QED) is 0.811. The summed E-state index contributed by atoms with van der Waals surface area (Å²) in [5, 5.41) is 9.21. The summed E-state index contributed by atoms with van der Waals surface area (Å²) < 4.78 is 19.0. The second-order valence-corrected chi connectivity index (χ2v) is 4.02. The highest BCUT2D eigenvalue weighted by molar-refractivity contribution is 9.08. The number of aromatic nitrogens is 1. The Labute approximate surface area is 112 Å². The lowest BCUT2D eigenvalue weighted by Crippen LogP contribution is -1.94. The summed E-state index contributed by atoms with van der Waals surface area (Å²) in [6.07, 6.45) is 1.57. The van der Waals surface area contributed by atoms with E-state index in [-0.39, 0.29) is 11.3 Å². The van der Waals surface area contributed by atoms with Gasteiger partial charge in [-0.1, -0.05) is 22.0 Å². The number of hydrogen-bond donors (Lipinski definition) is 0. The number of halogens is 2. The lowest BCUT2D eigenvalue weighted by molar-refractivity contribution is 0.424. The predicted molar refractivity (Wildman–Crippen MR) is 68.1 cm³/mol. The third-order valence-electron chi connectivity index (χ3n) is 2.26. The van der Waals surface area contributed by atoms with Crippen molar-refractivity contribution in [2.45, 2.75) is 5.33 Å². The standard InChI is InChI=1S/C13H8BrFN2O/c14-7-10-2-1-5-17-13(10)18-12-4-3-9(8-16)6-11(12)15/h1-6H,7H2. The highest BCUT2D eigenvalue weighted by atomic mass is 79.9. The molecule has 0 bridgehead atoms. The van der Waals surface area contributed by atoms with Crippen molar-refractivity contribution >= 4 is 15.9 Å². The van der Waals surface area contributed by atoms with Crippen LogP contribution in [0.5, 0.6) is 11.6 Å². The first-order chi connectivity index (χ1) is 8.74. The maximum absolute atomic E-state index is 13.6. The van der Waals surface area contributed by atoms with E-state index >= 15 is 0 Å². The molecule has 90 valence electrons. The molecule has 0 amide bonds. The van der Waals surface area contributed by atoms with Crippen molar-refractivity contribution in [1.82, 2.24) is 4.98 Å². The summed E-state index contributed by atoms with van der Waals surface area (Å²) >= 11 is 3.31. The second kappa shape index (κ2) is 5.61. The molecule has 0 saturated heterocycles. The molecule has 5 heteroatoms. The van der Waals surface area contributed by atoms with Crippen LogP contribution < -0.4 is 4.74 Å². The average Bonchev–Trinajstić information content (AvgIpc) is 2.41. The van der Waals surface area contributed by atoms with Gasteiger partial charge in [0.15, 0.2) is 11.6 Å². The molecule has 0 radical (unpaired) electrons. The van der Waals surface area contributed by atoms with Gasteiger partial charge in [0.1, 0.15) is 0 Å². The Bertz CT molecular complexity index is 610. The van der Waals surface area contributed by atoms with Gasteiger partial charge in [0.25, 0.3) is 0 Å². The maximum Gasteiger partial charge on any atom is 0.223 e. The minimum atomic E-state index is -0.583. The monoisotopic (exact) mass is 306 g/mol. The maximum atomic E-state index is 13.6. The second-order valence-electron chi connectivity index (χ2n) is 3.46. The average molecular weight is 307 g/mol. The van der Waals surface area contributed by atoms with Gasteiger partial charge in [0.2, 0.25) is 5.88 Å². The molecular formula is C13H8BrFN2O. The highest BCUT2D eigenvalue weighted by Crippen LogP contribution is 2.27. The third kappa shape index (κ3) is 2.66. The Morgan fingerprint density at radius 2 is 2.22 bits per heavy atom. The molecule has 0 fully saturated rings. The van der Waals surface area contributed by atoms with Crippen LogP contribution in [0.4, 0.5) is 4.39 Å². The normalized spacial score (nSPS) is 9.83. The molecule has 2 rings (SSSR count). The van der Waals surface area contributed by atoms with Crippen LogP contribution in [0.25, 0.3) is 0 Å². The van der Waals surface area contributed by atoms with Crippen LogP contribution in [0, 0.1) is 17.1 Å². The van der Waals surface area contributed by atoms with Gasteiger partial charge in [-0.15, -0.1) is 0 Å². The molecule has 1 aromatic carbocycles. The number of nitrogens with zero attached hydrogens (tertiary/aromatic N) is 2. The summed E-state index contributed by atoms with van der Waals surface area (Å²) in [5.41, 5.74) is 1.07. The predicted octanol–water partition coefficient (Wildman–Crippen LogP) is 3.78. The van der Waals surface area contributed by atoms with Crippen LogP contribution in [0.15, 0.2) is 36.5 Å². The Morgan fingerprint density at radius 1 is 1.39 bits per heavy atom. The van der Waals surface area contributed by atoms with Gasteiger partial charge in [0.05, 0.1) is 11.6 Å². The van der Waals surface area contributed by atoms with Gasteiger partial charge in [-0.3, -0.25) is 0 Å². The first kappa shape index (κ1) is 12.5. The number of pyridine rings is 1. The molecule has 18 heavy (non-hydrogen) atoms. The number of rotatable bonds is 3. The molecule has 0 N–H and O–H groups in total. The Balaban J connectivity index is 2.32. The minimum Gasteiger partial charge on any atom is -0.436 e. The molecule has 0 aliphatic carbocycles. The summed E-state index contributed by atoms with van der Waals surface area (Å²) in [5.74, 6) is -0.187. The zero-order valence-electron chi connectivity index (χ0n) is 9.23.